The van der Waals surface area contributed by atoms with Crippen LogP contribution in [0.3, 0.4) is 0 Å². The van der Waals surface area contributed by atoms with Crippen molar-refractivity contribution >= 4 is 23.3 Å². The van der Waals surface area contributed by atoms with Gasteiger partial charge < -0.3 is 14.6 Å². The molecular weight excluding hydrogens is 420 g/mol. The smallest absolute Gasteiger partial charge is 0.338 e. The van der Waals surface area contributed by atoms with Crippen molar-refractivity contribution in [2.75, 3.05) is 33.4 Å². The number of carbonyl (C=O) groups is 2. The Labute approximate surface area is 194 Å². The van der Waals surface area contributed by atoms with Crippen molar-refractivity contribution in [2.45, 2.75) is 38.0 Å². The molecule has 2 heterocycles. The van der Waals surface area contributed by atoms with Gasteiger partial charge in [0, 0.05) is 12.3 Å². The third kappa shape index (κ3) is 4.64. The number of carboxylic acids is 1. The number of aliphatic carboxylic acids is 1. The monoisotopic (exact) mass is 450 g/mol. The lowest BCUT2D eigenvalue weighted by atomic mass is 9.70. The van der Waals surface area contributed by atoms with E-state index in [2.05, 4.69) is 9.89 Å². The van der Waals surface area contributed by atoms with E-state index in [0.717, 1.165) is 36.4 Å². The Kier molecular flexibility index (Phi) is 6.79. The van der Waals surface area contributed by atoms with E-state index < -0.39 is 11.4 Å². The Hall–Kier alpha value is -3.19. The minimum atomic E-state index is -0.929. The summed E-state index contributed by atoms with van der Waals surface area (Å²) in [6.07, 6.45) is 3.52. The van der Waals surface area contributed by atoms with Gasteiger partial charge in [0.15, 0.2) is 0 Å². The first-order chi connectivity index (χ1) is 15.9. The van der Waals surface area contributed by atoms with Crippen LogP contribution in [0.25, 0.3) is 0 Å². The van der Waals surface area contributed by atoms with Crippen LogP contribution >= 0.6 is 0 Å². The van der Waals surface area contributed by atoms with Gasteiger partial charge in [0.2, 0.25) is 0 Å². The average Bonchev–Trinajstić information content (AvgIpc) is 3.10. The van der Waals surface area contributed by atoms with Crippen molar-refractivity contribution in [2.24, 2.45) is 4.99 Å². The largest absolute Gasteiger partial charge is 0.497 e. The Bertz CT molecular complexity index is 1060. The predicted molar refractivity (Wildman–Crippen MR) is 126 cm³/mol. The maximum atomic E-state index is 12.5. The number of benzene rings is 2. The van der Waals surface area contributed by atoms with Crippen LogP contribution in [0.1, 0.15) is 54.1 Å². The summed E-state index contributed by atoms with van der Waals surface area (Å²) in [5.41, 5.74) is 2.51. The first-order valence-electron chi connectivity index (χ1n) is 11.4. The number of ether oxygens (including phenoxy) is 2. The van der Waals surface area contributed by atoms with Crippen molar-refractivity contribution in [3.8, 4) is 5.75 Å². The zero-order valence-electron chi connectivity index (χ0n) is 19.2. The van der Waals surface area contributed by atoms with E-state index in [9.17, 15) is 14.7 Å². The lowest BCUT2D eigenvalue weighted by Crippen LogP contribution is -2.35. The maximum Gasteiger partial charge on any atom is 0.338 e. The molecule has 2 aliphatic heterocycles. The van der Waals surface area contributed by atoms with Gasteiger partial charge in [0.25, 0.3) is 0 Å². The predicted octanol–water partition coefficient (Wildman–Crippen LogP) is 4.20. The van der Waals surface area contributed by atoms with Crippen LogP contribution in [-0.2, 0) is 14.9 Å². The van der Waals surface area contributed by atoms with Gasteiger partial charge in [-0.1, -0.05) is 18.6 Å². The number of aliphatic imine (C=N–C) groups is 1. The molecule has 174 valence electrons. The Morgan fingerprint density at radius 1 is 1.09 bits per heavy atom. The minimum Gasteiger partial charge on any atom is -0.497 e. The molecule has 1 atom stereocenters. The number of hydrogen-bond acceptors (Lipinski definition) is 6. The molecule has 0 bridgehead atoms. The van der Waals surface area contributed by atoms with Gasteiger partial charge >= 0.3 is 11.9 Å². The van der Waals surface area contributed by atoms with E-state index >= 15 is 0 Å². The second kappa shape index (κ2) is 9.75. The normalized spacial score (nSPS) is 20.1. The fourth-order valence-electron chi connectivity index (χ4n) is 4.89. The van der Waals surface area contributed by atoms with E-state index in [4.69, 9.17) is 9.47 Å². The zero-order valence-corrected chi connectivity index (χ0v) is 19.2. The van der Waals surface area contributed by atoms with E-state index in [0.29, 0.717) is 23.6 Å². The highest BCUT2D eigenvalue weighted by Gasteiger charge is 2.45. The summed E-state index contributed by atoms with van der Waals surface area (Å²) in [7, 11) is 1.58. The number of nitrogens with zero attached hydrogens (tertiary/aromatic N) is 2. The molecule has 2 aromatic carbocycles. The summed E-state index contributed by atoms with van der Waals surface area (Å²) in [5.74, 6) is -0.659. The van der Waals surface area contributed by atoms with Gasteiger partial charge in [0.1, 0.15) is 12.4 Å². The standard InChI is InChI=1S/C26H30N2O5/c1-18-26(17-24(29)30,22-16-21(32-2)10-11-23(22)27-18)20-8-6-19(7-9-20)25(31)33-15-14-28-12-4-3-5-13-28/h6-11,16H,3-5,12-15,17H2,1-2H3,(H,29,30). The Morgan fingerprint density at radius 3 is 2.48 bits per heavy atom. The topological polar surface area (TPSA) is 88.4 Å². The molecule has 0 spiro atoms. The van der Waals surface area contributed by atoms with Crippen LogP contribution in [0.4, 0.5) is 5.69 Å². The molecule has 1 fully saturated rings. The van der Waals surface area contributed by atoms with Crippen molar-refractivity contribution in [3.63, 3.8) is 0 Å². The molecule has 0 saturated carbocycles. The number of rotatable bonds is 8. The molecule has 0 aromatic heterocycles. The Morgan fingerprint density at radius 2 is 1.82 bits per heavy atom. The molecule has 7 heteroatoms. The number of methoxy groups -OCH3 is 1. The number of carboxylic acid groups (broad SMARTS) is 1. The van der Waals surface area contributed by atoms with Gasteiger partial charge in [-0.2, -0.15) is 0 Å². The van der Waals surface area contributed by atoms with E-state index in [-0.39, 0.29) is 12.4 Å². The molecule has 2 aromatic rings. The van der Waals surface area contributed by atoms with E-state index in [1.807, 2.05) is 25.1 Å². The summed E-state index contributed by atoms with van der Waals surface area (Å²) < 4.78 is 10.9. The molecule has 1 saturated heterocycles. The van der Waals surface area contributed by atoms with Gasteiger partial charge in [0.05, 0.1) is 30.2 Å². The van der Waals surface area contributed by atoms with Gasteiger partial charge in [-0.05, 0) is 74.3 Å². The van der Waals surface area contributed by atoms with Crippen molar-refractivity contribution in [3.05, 3.63) is 59.2 Å². The molecule has 2 aliphatic rings. The quantitative estimate of drug-likeness (QED) is 0.607. The number of piperidine rings is 1. The van der Waals surface area contributed by atoms with Crippen LogP contribution < -0.4 is 4.74 Å². The second-order valence-electron chi connectivity index (χ2n) is 8.67. The second-order valence-corrected chi connectivity index (χ2v) is 8.67. The van der Waals surface area contributed by atoms with Crippen LogP contribution in [0, 0.1) is 0 Å². The first kappa shape index (κ1) is 23.0. The highest BCUT2D eigenvalue weighted by Crippen LogP contribution is 2.48. The van der Waals surface area contributed by atoms with Crippen molar-refractivity contribution in [1.82, 2.24) is 4.90 Å². The summed E-state index contributed by atoms with van der Waals surface area (Å²) in [4.78, 5) is 31.4. The van der Waals surface area contributed by atoms with Crippen LogP contribution in [0.2, 0.25) is 0 Å². The zero-order chi connectivity index (χ0) is 23.4. The molecule has 33 heavy (non-hydrogen) atoms. The number of carbonyl (C=O) groups excluding carboxylic acids is 1. The van der Waals surface area contributed by atoms with Crippen LogP contribution in [0.5, 0.6) is 5.75 Å². The maximum absolute atomic E-state index is 12.5. The lowest BCUT2D eigenvalue weighted by Gasteiger charge is -2.30. The number of fused-ring (bicyclic) bond motifs is 1. The minimum absolute atomic E-state index is 0.151. The average molecular weight is 451 g/mol. The molecular formula is C26H30N2O5. The third-order valence-electron chi connectivity index (χ3n) is 6.69. The van der Waals surface area contributed by atoms with Crippen LogP contribution in [0.15, 0.2) is 47.5 Å². The molecule has 1 unspecified atom stereocenters. The highest BCUT2D eigenvalue weighted by molar-refractivity contribution is 6.05. The summed E-state index contributed by atoms with van der Waals surface area (Å²) in [5, 5.41) is 9.75. The van der Waals surface area contributed by atoms with Crippen molar-refractivity contribution < 1.29 is 24.2 Å². The highest BCUT2D eigenvalue weighted by atomic mass is 16.5. The number of likely N-dealkylation sites (tertiary alicyclic amines) is 1. The number of esters is 1. The third-order valence-corrected chi connectivity index (χ3v) is 6.69. The van der Waals surface area contributed by atoms with Crippen LogP contribution in [-0.4, -0.2) is 61.0 Å². The molecule has 0 aliphatic carbocycles. The van der Waals surface area contributed by atoms with Gasteiger partial charge in [-0.15, -0.1) is 0 Å². The molecule has 0 radical (unpaired) electrons. The Balaban J connectivity index is 1.55. The fourth-order valence-corrected chi connectivity index (χ4v) is 4.89. The number of hydrogen-bond donors (Lipinski definition) is 1. The molecule has 1 N–H and O–H groups in total. The lowest BCUT2D eigenvalue weighted by molar-refractivity contribution is -0.137. The summed E-state index contributed by atoms with van der Waals surface area (Å²) in [6.45, 7) is 5.08. The SMILES string of the molecule is COc1ccc2c(c1)C(CC(=O)O)(c1ccc(C(=O)OCCN3CCCCC3)cc1)C(C)=N2. The van der Waals surface area contributed by atoms with Gasteiger partial charge in [-0.25, -0.2) is 4.79 Å². The van der Waals surface area contributed by atoms with E-state index in [1.165, 1.54) is 19.3 Å². The fraction of sp³-hybridized carbons (Fsp3) is 0.423. The molecule has 7 nitrogen and oxygen atoms in total. The van der Waals surface area contributed by atoms with Gasteiger partial charge in [-0.3, -0.25) is 14.7 Å². The van der Waals surface area contributed by atoms with Crippen molar-refractivity contribution in [1.29, 1.82) is 0 Å². The van der Waals surface area contributed by atoms with E-state index in [1.54, 1.807) is 31.4 Å². The molecule has 4 rings (SSSR count). The molecule has 0 amide bonds. The summed E-state index contributed by atoms with van der Waals surface area (Å²) in [6, 6.07) is 12.5. The summed E-state index contributed by atoms with van der Waals surface area (Å²) >= 11 is 0. The first-order valence-corrected chi connectivity index (χ1v) is 11.4.